The highest BCUT2D eigenvalue weighted by Gasteiger charge is 2.02. The Morgan fingerprint density at radius 1 is 1.47 bits per heavy atom. The zero-order valence-electron chi connectivity index (χ0n) is 8.11. The fourth-order valence-electron chi connectivity index (χ4n) is 1.06. The van der Waals surface area contributed by atoms with Crippen molar-refractivity contribution in [2.45, 2.75) is 13.5 Å². The number of hydrogen-bond acceptors (Lipinski definition) is 4. The highest BCUT2D eigenvalue weighted by Crippen LogP contribution is 2.14. The predicted octanol–water partition coefficient (Wildman–Crippen LogP) is 2.56. The molecule has 0 amide bonds. The molecule has 0 spiro atoms. The van der Waals surface area contributed by atoms with Gasteiger partial charge in [0.1, 0.15) is 12.4 Å². The van der Waals surface area contributed by atoms with E-state index in [2.05, 4.69) is 9.97 Å². The van der Waals surface area contributed by atoms with Crippen molar-refractivity contribution < 1.29 is 9.13 Å². The molecule has 5 heteroatoms. The van der Waals surface area contributed by atoms with Crippen molar-refractivity contribution in [3.05, 3.63) is 40.2 Å². The van der Waals surface area contributed by atoms with E-state index in [4.69, 9.17) is 4.74 Å². The van der Waals surface area contributed by atoms with Gasteiger partial charge in [0.15, 0.2) is 0 Å². The van der Waals surface area contributed by atoms with Gasteiger partial charge < -0.3 is 4.74 Å². The minimum Gasteiger partial charge on any atom is -0.472 e. The standard InChI is InChI=1S/C10H9FN2OS/c1-7-9(11)2-3-10(13-7)14-5-8-4-12-6-15-8/h2-4,6H,5H2,1H3. The largest absolute Gasteiger partial charge is 0.472 e. The molecule has 0 saturated heterocycles. The molecule has 2 aromatic heterocycles. The number of halogens is 1. The third kappa shape index (κ3) is 2.50. The zero-order valence-corrected chi connectivity index (χ0v) is 8.92. The monoisotopic (exact) mass is 224 g/mol. The fourth-order valence-corrected chi connectivity index (χ4v) is 1.57. The SMILES string of the molecule is Cc1nc(OCc2cncs2)ccc1F. The van der Waals surface area contributed by atoms with Gasteiger partial charge in [0.05, 0.1) is 16.1 Å². The summed E-state index contributed by atoms with van der Waals surface area (Å²) in [6.45, 7) is 2.03. The first-order chi connectivity index (χ1) is 7.25. The molecule has 78 valence electrons. The van der Waals surface area contributed by atoms with Crippen LogP contribution < -0.4 is 4.74 Å². The molecule has 2 aromatic rings. The summed E-state index contributed by atoms with van der Waals surface area (Å²) in [5, 5.41) is 0. The molecule has 2 heterocycles. The lowest BCUT2D eigenvalue weighted by atomic mass is 10.3. The molecule has 0 saturated carbocycles. The molecular formula is C10H9FN2OS. The number of thiazole rings is 1. The molecule has 0 N–H and O–H groups in total. The zero-order chi connectivity index (χ0) is 10.7. The third-order valence-electron chi connectivity index (χ3n) is 1.84. The fraction of sp³-hybridized carbons (Fsp3) is 0.200. The van der Waals surface area contributed by atoms with E-state index in [0.29, 0.717) is 18.2 Å². The van der Waals surface area contributed by atoms with Crippen molar-refractivity contribution in [2.24, 2.45) is 0 Å². The Hall–Kier alpha value is -1.49. The van der Waals surface area contributed by atoms with Gasteiger partial charge in [-0.1, -0.05) is 0 Å². The van der Waals surface area contributed by atoms with Crippen LogP contribution in [0.1, 0.15) is 10.6 Å². The van der Waals surface area contributed by atoms with Gasteiger partial charge >= 0.3 is 0 Å². The van der Waals surface area contributed by atoms with Crippen LogP contribution in [0.5, 0.6) is 5.88 Å². The summed E-state index contributed by atoms with van der Waals surface area (Å²) >= 11 is 1.51. The minimum absolute atomic E-state index is 0.319. The second-order valence-electron chi connectivity index (χ2n) is 2.97. The van der Waals surface area contributed by atoms with Gasteiger partial charge in [-0.25, -0.2) is 9.37 Å². The second kappa shape index (κ2) is 4.35. The normalized spacial score (nSPS) is 10.3. The van der Waals surface area contributed by atoms with Gasteiger partial charge in [-0.05, 0) is 13.0 Å². The number of aryl methyl sites for hydroxylation is 1. The predicted molar refractivity (Wildman–Crippen MR) is 55.4 cm³/mol. The van der Waals surface area contributed by atoms with E-state index in [1.54, 1.807) is 18.6 Å². The van der Waals surface area contributed by atoms with Crippen molar-refractivity contribution in [1.82, 2.24) is 9.97 Å². The lowest BCUT2D eigenvalue weighted by molar-refractivity contribution is 0.295. The summed E-state index contributed by atoms with van der Waals surface area (Å²) in [4.78, 5) is 8.90. The number of nitrogens with zero attached hydrogens (tertiary/aromatic N) is 2. The molecule has 0 aliphatic rings. The van der Waals surface area contributed by atoms with Crippen LogP contribution in [0, 0.1) is 12.7 Å². The first kappa shape index (κ1) is 10.0. The average Bonchev–Trinajstić information content (AvgIpc) is 2.73. The molecule has 0 bridgehead atoms. The van der Waals surface area contributed by atoms with Crippen molar-refractivity contribution in [3.8, 4) is 5.88 Å². The molecule has 15 heavy (non-hydrogen) atoms. The number of aromatic nitrogens is 2. The molecule has 0 atom stereocenters. The van der Waals surface area contributed by atoms with Crippen LogP contribution in [0.2, 0.25) is 0 Å². The van der Waals surface area contributed by atoms with Gasteiger partial charge in [-0.3, -0.25) is 4.98 Å². The Morgan fingerprint density at radius 3 is 3.00 bits per heavy atom. The Balaban J connectivity index is 2.02. The van der Waals surface area contributed by atoms with E-state index >= 15 is 0 Å². The number of pyridine rings is 1. The van der Waals surface area contributed by atoms with Crippen molar-refractivity contribution in [1.29, 1.82) is 0 Å². The van der Waals surface area contributed by atoms with Gasteiger partial charge in [-0.2, -0.15) is 0 Å². The lowest BCUT2D eigenvalue weighted by Crippen LogP contribution is -1.97. The molecule has 3 nitrogen and oxygen atoms in total. The highest BCUT2D eigenvalue weighted by atomic mass is 32.1. The van der Waals surface area contributed by atoms with Crippen LogP contribution in [0.25, 0.3) is 0 Å². The topological polar surface area (TPSA) is 35.0 Å². The molecule has 0 aliphatic carbocycles. The summed E-state index contributed by atoms with van der Waals surface area (Å²) in [5.74, 6) is 0.113. The van der Waals surface area contributed by atoms with Gasteiger partial charge in [0, 0.05) is 12.3 Å². The summed E-state index contributed by atoms with van der Waals surface area (Å²) < 4.78 is 18.3. The summed E-state index contributed by atoms with van der Waals surface area (Å²) in [6, 6.07) is 2.87. The van der Waals surface area contributed by atoms with Crippen LogP contribution in [0.15, 0.2) is 23.8 Å². The summed E-state index contributed by atoms with van der Waals surface area (Å²) in [5.41, 5.74) is 2.08. The Morgan fingerprint density at radius 2 is 2.33 bits per heavy atom. The summed E-state index contributed by atoms with van der Waals surface area (Å²) in [6.07, 6.45) is 1.74. The number of hydrogen-bond donors (Lipinski definition) is 0. The van der Waals surface area contributed by atoms with Crippen LogP contribution in [0.3, 0.4) is 0 Å². The Bertz CT molecular complexity index is 445. The minimum atomic E-state index is -0.319. The number of rotatable bonds is 3. The summed E-state index contributed by atoms with van der Waals surface area (Å²) in [7, 11) is 0. The maximum Gasteiger partial charge on any atom is 0.213 e. The second-order valence-corrected chi connectivity index (χ2v) is 3.94. The van der Waals surface area contributed by atoms with Crippen LogP contribution in [0.4, 0.5) is 4.39 Å². The van der Waals surface area contributed by atoms with Gasteiger partial charge in [0.25, 0.3) is 0 Å². The van der Waals surface area contributed by atoms with Crippen molar-refractivity contribution >= 4 is 11.3 Å². The molecular weight excluding hydrogens is 215 g/mol. The molecule has 0 aliphatic heterocycles. The maximum absolute atomic E-state index is 12.9. The molecule has 0 radical (unpaired) electrons. The Labute approximate surface area is 90.6 Å². The van der Waals surface area contributed by atoms with Gasteiger partial charge in [-0.15, -0.1) is 11.3 Å². The van der Waals surface area contributed by atoms with Crippen molar-refractivity contribution in [2.75, 3.05) is 0 Å². The molecule has 2 rings (SSSR count). The van der Waals surface area contributed by atoms with Crippen LogP contribution in [-0.4, -0.2) is 9.97 Å². The maximum atomic E-state index is 12.9. The number of ether oxygens (including phenoxy) is 1. The van der Waals surface area contributed by atoms with E-state index in [9.17, 15) is 4.39 Å². The Kier molecular flexibility index (Phi) is 2.91. The van der Waals surface area contributed by atoms with E-state index in [1.807, 2.05) is 0 Å². The smallest absolute Gasteiger partial charge is 0.213 e. The lowest BCUT2D eigenvalue weighted by Gasteiger charge is -2.04. The first-order valence-electron chi connectivity index (χ1n) is 4.39. The van der Waals surface area contributed by atoms with Gasteiger partial charge in [0.2, 0.25) is 5.88 Å². The molecule has 0 unspecified atom stereocenters. The quantitative estimate of drug-likeness (QED) is 0.803. The van der Waals surface area contributed by atoms with E-state index in [-0.39, 0.29) is 5.82 Å². The molecule has 0 fully saturated rings. The average molecular weight is 224 g/mol. The van der Waals surface area contributed by atoms with E-state index in [0.717, 1.165) is 4.88 Å². The van der Waals surface area contributed by atoms with E-state index in [1.165, 1.54) is 23.5 Å². The third-order valence-corrected chi connectivity index (χ3v) is 2.59. The first-order valence-corrected chi connectivity index (χ1v) is 5.27. The molecule has 0 aromatic carbocycles. The van der Waals surface area contributed by atoms with Crippen molar-refractivity contribution in [3.63, 3.8) is 0 Å². The van der Waals surface area contributed by atoms with Crippen LogP contribution >= 0.6 is 11.3 Å². The van der Waals surface area contributed by atoms with Crippen LogP contribution in [-0.2, 0) is 6.61 Å². The highest BCUT2D eigenvalue weighted by molar-refractivity contribution is 7.09. The van der Waals surface area contributed by atoms with E-state index < -0.39 is 0 Å².